The Bertz CT molecular complexity index is 1120. The number of nitrogens with one attached hydrogen (secondary N) is 1. The molecule has 0 saturated carbocycles. The van der Waals surface area contributed by atoms with Gasteiger partial charge in [-0.2, -0.15) is 0 Å². The SMILES string of the molecule is COc1ccc(N(CCCC(=O)N[C@@H](C)c2cc(C(C)C)c(OC)cc2C)S(C)(=O)=O)cc1Cl. The van der Waals surface area contributed by atoms with Crippen molar-refractivity contribution >= 4 is 33.2 Å². The van der Waals surface area contributed by atoms with E-state index in [0.717, 1.165) is 28.7 Å². The monoisotopic (exact) mass is 510 g/mol. The van der Waals surface area contributed by atoms with Crippen LogP contribution in [0.2, 0.25) is 5.02 Å². The van der Waals surface area contributed by atoms with E-state index in [4.69, 9.17) is 21.1 Å². The average molecular weight is 511 g/mol. The molecule has 0 spiro atoms. The van der Waals surface area contributed by atoms with E-state index in [1.54, 1.807) is 25.3 Å². The Morgan fingerprint density at radius 3 is 2.24 bits per heavy atom. The molecule has 7 nitrogen and oxygen atoms in total. The molecule has 1 amide bonds. The maximum absolute atomic E-state index is 12.6. The summed E-state index contributed by atoms with van der Waals surface area (Å²) < 4.78 is 36.6. The molecular weight excluding hydrogens is 476 g/mol. The first-order valence-corrected chi connectivity index (χ1v) is 13.4. The third kappa shape index (κ3) is 7.03. The minimum Gasteiger partial charge on any atom is -0.496 e. The Hall–Kier alpha value is -2.45. The van der Waals surface area contributed by atoms with E-state index in [9.17, 15) is 13.2 Å². The molecule has 2 aromatic rings. The number of carbonyl (C=O) groups excluding carboxylic acids is 1. The standard InChI is InChI=1S/C25H35ClN2O5S/c1-16(2)20-15-21(17(3)13-24(20)33-6)18(4)27-25(29)9-8-12-28(34(7,30)31)19-10-11-23(32-5)22(26)14-19/h10-11,13-16,18H,8-9,12H2,1-7H3,(H,27,29)/t18-/m0/s1. The van der Waals surface area contributed by atoms with E-state index in [1.165, 1.54) is 11.4 Å². The van der Waals surface area contributed by atoms with Gasteiger partial charge < -0.3 is 14.8 Å². The van der Waals surface area contributed by atoms with Gasteiger partial charge in [0.05, 0.1) is 37.2 Å². The van der Waals surface area contributed by atoms with Gasteiger partial charge in [0.1, 0.15) is 11.5 Å². The summed E-state index contributed by atoms with van der Waals surface area (Å²) in [6.07, 6.45) is 1.67. The van der Waals surface area contributed by atoms with Gasteiger partial charge in [0.2, 0.25) is 15.9 Å². The molecule has 0 unspecified atom stereocenters. The van der Waals surface area contributed by atoms with E-state index < -0.39 is 10.0 Å². The van der Waals surface area contributed by atoms with Crippen LogP contribution in [-0.2, 0) is 14.8 Å². The first kappa shape index (κ1) is 27.8. The van der Waals surface area contributed by atoms with Crippen LogP contribution in [0.5, 0.6) is 11.5 Å². The van der Waals surface area contributed by atoms with Gasteiger partial charge in [-0.05, 0) is 73.2 Å². The van der Waals surface area contributed by atoms with E-state index >= 15 is 0 Å². The Morgan fingerprint density at radius 1 is 1.06 bits per heavy atom. The molecule has 2 aromatic carbocycles. The van der Waals surface area contributed by atoms with E-state index in [1.807, 2.05) is 19.9 Å². The fourth-order valence-electron chi connectivity index (χ4n) is 3.88. The molecule has 0 heterocycles. The van der Waals surface area contributed by atoms with Crippen molar-refractivity contribution < 1.29 is 22.7 Å². The van der Waals surface area contributed by atoms with Crippen molar-refractivity contribution in [3.63, 3.8) is 0 Å². The number of rotatable bonds is 11. The molecule has 0 aliphatic rings. The lowest BCUT2D eigenvalue weighted by Crippen LogP contribution is -2.32. The summed E-state index contributed by atoms with van der Waals surface area (Å²) in [7, 11) is -0.403. The summed E-state index contributed by atoms with van der Waals surface area (Å²) in [4.78, 5) is 12.6. The zero-order chi connectivity index (χ0) is 25.6. The highest BCUT2D eigenvalue weighted by molar-refractivity contribution is 7.92. The van der Waals surface area contributed by atoms with Gasteiger partial charge in [-0.1, -0.05) is 25.4 Å². The number of amides is 1. The molecule has 0 bridgehead atoms. The number of ether oxygens (including phenoxy) is 2. The van der Waals surface area contributed by atoms with Crippen LogP contribution in [0.3, 0.4) is 0 Å². The topological polar surface area (TPSA) is 84.9 Å². The van der Waals surface area contributed by atoms with Gasteiger partial charge in [0, 0.05) is 13.0 Å². The summed E-state index contributed by atoms with van der Waals surface area (Å²) in [6.45, 7) is 8.30. The van der Waals surface area contributed by atoms with Crippen LogP contribution >= 0.6 is 11.6 Å². The van der Waals surface area contributed by atoms with Crippen LogP contribution in [0.15, 0.2) is 30.3 Å². The number of halogens is 1. The highest BCUT2D eigenvalue weighted by Gasteiger charge is 2.20. The van der Waals surface area contributed by atoms with Gasteiger partial charge in [-0.15, -0.1) is 0 Å². The van der Waals surface area contributed by atoms with Crippen molar-refractivity contribution in [3.05, 3.63) is 52.0 Å². The summed E-state index contributed by atoms with van der Waals surface area (Å²) in [5.41, 5.74) is 3.58. The summed E-state index contributed by atoms with van der Waals surface area (Å²) in [5.74, 6) is 1.44. The van der Waals surface area contributed by atoms with Crippen molar-refractivity contribution in [3.8, 4) is 11.5 Å². The Labute approximate surface area is 208 Å². The first-order valence-electron chi connectivity index (χ1n) is 11.2. The molecule has 34 heavy (non-hydrogen) atoms. The first-order chi connectivity index (χ1) is 15.9. The van der Waals surface area contributed by atoms with Crippen LogP contribution in [0.25, 0.3) is 0 Å². The third-order valence-electron chi connectivity index (χ3n) is 5.67. The fraction of sp³-hybridized carbons (Fsp3) is 0.480. The fourth-order valence-corrected chi connectivity index (χ4v) is 5.09. The molecule has 0 aromatic heterocycles. The number of carbonyl (C=O) groups is 1. The van der Waals surface area contributed by atoms with Crippen molar-refractivity contribution in [1.29, 1.82) is 0 Å². The van der Waals surface area contributed by atoms with E-state index in [0.29, 0.717) is 22.9 Å². The van der Waals surface area contributed by atoms with Crippen LogP contribution in [0.1, 0.15) is 62.3 Å². The lowest BCUT2D eigenvalue weighted by Gasteiger charge is -2.23. The smallest absolute Gasteiger partial charge is 0.232 e. The van der Waals surface area contributed by atoms with Gasteiger partial charge in [0.25, 0.3) is 0 Å². The quantitative estimate of drug-likeness (QED) is 0.448. The predicted molar refractivity (Wildman–Crippen MR) is 138 cm³/mol. The van der Waals surface area contributed by atoms with Gasteiger partial charge >= 0.3 is 0 Å². The van der Waals surface area contributed by atoms with E-state index in [-0.39, 0.29) is 30.8 Å². The van der Waals surface area contributed by atoms with E-state index in [2.05, 4.69) is 25.2 Å². The minimum absolute atomic E-state index is 0.143. The average Bonchev–Trinajstić information content (AvgIpc) is 2.75. The summed E-state index contributed by atoms with van der Waals surface area (Å²) >= 11 is 6.17. The molecule has 0 aliphatic heterocycles. The Kier molecular flexibility index (Phi) is 9.64. The predicted octanol–water partition coefficient (Wildman–Crippen LogP) is 5.21. The number of hydrogen-bond donors (Lipinski definition) is 1. The second-order valence-corrected chi connectivity index (χ2v) is 11.0. The number of methoxy groups -OCH3 is 2. The van der Waals surface area contributed by atoms with Crippen molar-refractivity contribution in [2.45, 2.75) is 52.5 Å². The number of benzene rings is 2. The summed E-state index contributed by atoms with van der Waals surface area (Å²) in [5, 5.41) is 3.35. The molecule has 0 radical (unpaired) electrons. The molecule has 1 atom stereocenters. The summed E-state index contributed by atoms with van der Waals surface area (Å²) in [6, 6.07) is 8.68. The Balaban J connectivity index is 2.06. The number of nitrogens with zero attached hydrogens (tertiary/aromatic N) is 1. The van der Waals surface area contributed by atoms with Crippen molar-refractivity contribution in [1.82, 2.24) is 5.32 Å². The van der Waals surface area contributed by atoms with Gasteiger partial charge in [0.15, 0.2) is 0 Å². The Morgan fingerprint density at radius 2 is 1.71 bits per heavy atom. The van der Waals surface area contributed by atoms with Crippen LogP contribution < -0.4 is 19.1 Å². The lowest BCUT2D eigenvalue weighted by atomic mass is 9.93. The van der Waals surface area contributed by atoms with Crippen LogP contribution in [0, 0.1) is 6.92 Å². The van der Waals surface area contributed by atoms with Crippen LogP contribution in [0.4, 0.5) is 5.69 Å². The minimum atomic E-state index is -3.55. The molecule has 2 rings (SSSR count). The third-order valence-corrected chi connectivity index (χ3v) is 7.16. The molecule has 9 heteroatoms. The number of aryl methyl sites for hydroxylation is 1. The normalized spacial score (nSPS) is 12.4. The molecule has 0 aliphatic carbocycles. The van der Waals surface area contributed by atoms with Crippen molar-refractivity contribution in [2.75, 3.05) is 31.3 Å². The molecule has 1 N–H and O–H groups in total. The zero-order valence-electron chi connectivity index (χ0n) is 20.9. The highest BCUT2D eigenvalue weighted by atomic mass is 35.5. The molecule has 188 valence electrons. The zero-order valence-corrected chi connectivity index (χ0v) is 22.5. The molecule has 0 saturated heterocycles. The molecule has 0 fully saturated rings. The van der Waals surface area contributed by atoms with Crippen molar-refractivity contribution in [2.24, 2.45) is 0 Å². The highest BCUT2D eigenvalue weighted by Crippen LogP contribution is 2.32. The number of anilines is 1. The molecular formula is C25H35ClN2O5S. The second kappa shape index (κ2) is 11.8. The maximum Gasteiger partial charge on any atom is 0.232 e. The lowest BCUT2D eigenvalue weighted by molar-refractivity contribution is -0.121. The number of hydrogen-bond acceptors (Lipinski definition) is 5. The van der Waals surface area contributed by atoms with Gasteiger partial charge in [-0.3, -0.25) is 9.10 Å². The van der Waals surface area contributed by atoms with Crippen LogP contribution in [-0.4, -0.2) is 41.3 Å². The second-order valence-electron chi connectivity index (χ2n) is 8.65. The largest absolute Gasteiger partial charge is 0.496 e. The van der Waals surface area contributed by atoms with Gasteiger partial charge in [-0.25, -0.2) is 8.42 Å². The maximum atomic E-state index is 12.6. The number of sulfonamides is 1.